The van der Waals surface area contributed by atoms with E-state index in [-0.39, 0.29) is 6.61 Å². The first kappa shape index (κ1) is 17.1. The number of amides is 1. The zero-order valence-corrected chi connectivity index (χ0v) is 14.1. The lowest BCUT2D eigenvalue weighted by Crippen LogP contribution is -2.21. The zero-order chi connectivity index (χ0) is 17.0. The van der Waals surface area contributed by atoms with Gasteiger partial charge in [-0.3, -0.25) is 4.79 Å². The molecule has 1 heterocycles. The number of benzene rings is 1. The largest absolute Gasteiger partial charge is 0.452 e. The summed E-state index contributed by atoms with van der Waals surface area (Å²) in [5.41, 5.74) is 2.92. The third-order valence-corrected chi connectivity index (χ3v) is 3.82. The smallest absolute Gasteiger partial charge is 0.340 e. The van der Waals surface area contributed by atoms with Gasteiger partial charge < -0.3 is 14.6 Å². The molecular formula is C17H19ClN2O3. The van der Waals surface area contributed by atoms with Crippen LogP contribution in [0.2, 0.25) is 5.02 Å². The number of rotatable bonds is 5. The van der Waals surface area contributed by atoms with Gasteiger partial charge in [0.15, 0.2) is 6.61 Å². The van der Waals surface area contributed by atoms with E-state index in [0.717, 1.165) is 17.9 Å². The average molecular weight is 335 g/mol. The van der Waals surface area contributed by atoms with Crippen LogP contribution < -0.4 is 5.32 Å². The Morgan fingerprint density at radius 3 is 2.43 bits per heavy atom. The molecule has 1 aromatic heterocycles. The molecule has 0 saturated carbocycles. The summed E-state index contributed by atoms with van der Waals surface area (Å²) in [6, 6.07) is 8.47. The summed E-state index contributed by atoms with van der Waals surface area (Å²) >= 11 is 5.78. The maximum absolute atomic E-state index is 12.1. The van der Waals surface area contributed by atoms with Crippen LogP contribution in [-0.4, -0.2) is 23.1 Å². The summed E-state index contributed by atoms with van der Waals surface area (Å²) < 4.78 is 7.11. The highest BCUT2D eigenvalue weighted by Crippen LogP contribution is 2.16. The molecule has 5 nitrogen and oxygen atoms in total. The Morgan fingerprint density at radius 2 is 1.87 bits per heavy atom. The number of nitrogens with zero attached hydrogens (tertiary/aromatic N) is 1. The average Bonchev–Trinajstić information content (AvgIpc) is 2.81. The summed E-state index contributed by atoms with van der Waals surface area (Å²) in [7, 11) is 0. The van der Waals surface area contributed by atoms with E-state index < -0.39 is 11.9 Å². The van der Waals surface area contributed by atoms with Gasteiger partial charge in [0.2, 0.25) is 0 Å². The first-order valence-electron chi connectivity index (χ1n) is 7.31. The molecule has 0 aliphatic carbocycles. The summed E-state index contributed by atoms with van der Waals surface area (Å²) in [5, 5.41) is 3.22. The minimum absolute atomic E-state index is 0.336. The van der Waals surface area contributed by atoms with Crippen molar-refractivity contribution in [3.8, 4) is 0 Å². The third kappa shape index (κ3) is 4.13. The number of carbonyl (C=O) groups excluding carboxylic acids is 2. The van der Waals surface area contributed by atoms with Crippen LogP contribution in [0.25, 0.3) is 0 Å². The van der Waals surface area contributed by atoms with Gasteiger partial charge in [0.25, 0.3) is 5.91 Å². The van der Waals surface area contributed by atoms with Crippen molar-refractivity contribution in [1.82, 2.24) is 4.57 Å². The highest BCUT2D eigenvalue weighted by molar-refractivity contribution is 6.30. The molecule has 1 amide bonds. The molecule has 0 bridgehead atoms. The molecule has 1 N–H and O–H groups in total. The molecule has 0 spiro atoms. The Kier molecular flexibility index (Phi) is 5.45. The molecule has 2 aromatic rings. The molecule has 6 heteroatoms. The van der Waals surface area contributed by atoms with Gasteiger partial charge in [-0.2, -0.15) is 0 Å². The lowest BCUT2D eigenvalue weighted by atomic mass is 10.2. The van der Waals surface area contributed by atoms with Crippen LogP contribution in [-0.2, 0) is 16.1 Å². The number of anilines is 1. The second-order valence-electron chi connectivity index (χ2n) is 5.16. The lowest BCUT2D eigenvalue weighted by Gasteiger charge is -2.07. The highest BCUT2D eigenvalue weighted by atomic mass is 35.5. The van der Waals surface area contributed by atoms with Crippen LogP contribution in [0.15, 0.2) is 30.3 Å². The Bertz CT molecular complexity index is 720. The second kappa shape index (κ2) is 7.33. The number of esters is 1. The lowest BCUT2D eigenvalue weighted by molar-refractivity contribution is -0.119. The Morgan fingerprint density at radius 1 is 1.22 bits per heavy atom. The molecule has 23 heavy (non-hydrogen) atoms. The number of aryl methyl sites for hydroxylation is 1. The minimum Gasteiger partial charge on any atom is -0.452 e. The molecule has 0 fully saturated rings. The van der Waals surface area contributed by atoms with Gasteiger partial charge in [-0.1, -0.05) is 11.6 Å². The predicted octanol–water partition coefficient (Wildman–Crippen LogP) is 3.57. The third-order valence-electron chi connectivity index (χ3n) is 3.57. The van der Waals surface area contributed by atoms with E-state index in [0.29, 0.717) is 16.3 Å². The SMILES string of the molecule is CCn1c(C)cc(C(=O)OCC(=O)Nc2ccc(Cl)cc2)c1C. The van der Waals surface area contributed by atoms with E-state index in [4.69, 9.17) is 16.3 Å². The molecule has 0 aliphatic heterocycles. The standard InChI is InChI=1S/C17H19ClN2O3/c1-4-20-11(2)9-15(12(20)3)17(22)23-10-16(21)19-14-7-5-13(18)6-8-14/h5-9H,4,10H2,1-3H3,(H,19,21). The zero-order valence-electron chi connectivity index (χ0n) is 13.4. The number of carbonyl (C=O) groups is 2. The van der Waals surface area contributed by atoms with Crippen molar-refractivity contribution in [1.29, 1.82) is 0 Å². The van der Waals surface area contributed by atoms with Crippen molar-refractivity contribution in [2.45, 2.75) is 27.3 Å². The topological polar surface area (TPSA) is 60.3 Å². The van der Waals surface area contributed by atoms with Crippen molar-refractivity contribution in [2.75, 3.05) is 11.9 Å². The van der Waals surface area contributed by atoms with Crippen LogP contribution in [0.4, 0.5) is 5.69 Å². The fraction of sp³-hybridized carbons (Fsp3) is 0.294. The summed E-state index contributed by atoms with van der Waals surface area (Å²) in [6.07, 6.45) is 0. The van der Waals surface area contributed by atoms with Crippen LogP contribution >= 0.6 is 11.6 Å². The quantitative estimate of drug-likeness (QED) is 0.850. The number of ether oxygens (including phenoxy) is 1. The summed E-state index contributed by atoms with van der Waals surface area (Å²) in [5.74, 6) is -0.894. The number of nitrogens with one attached hydrogen (secondary N) is 1. The Hall–Kier alpha value is -2.27. The number of aromatic nitrogens is 1. The summed E-state index contributed by atoms with van der Waals surface area (Å²) in [4.78, 5) is 23.9. The van der Waals surface area contributed by atoms with Gasteiger partial charge in [-0.05, 0) is 51.1 Å². The van der Waals surface area contributed by atoms with E-state index in [1.807, 2.05) is 25.3 Å². The molecule has 0 radical (unpaired) electrons. The highest BCUT2D eigenvalue weighted by Gasteiger charge is 2.17. The van der Waals surface area contributed by atoms with Gasteiger partial charge in [0.1, 0.15) is 0 Å². The Labute approximate surface area is 140 Å². The van der Waals surface area contributed by atoms with E-state index in [1.165, 1.54) is 0 Å². The predicted molar refractivity (Wildman–Crippen MR) is 89.9 cm³/mol. The van der Waals surface area contributed by atoms with Crippen LogP contribution in [0.1, 0.15) is 28.7 Å². The van der Waals surface area contributed by atoms with Gasteiger partial charge in [-0.25, -0.2) is 4.79 Å². The molecule has 122 valence electrons. The molecule has 0 unspecified atom stereocenters. The van der Waals surface area contributed by atoms with Gasteiger partial charge in [0, 0.05) is 28.6 Å². The molecule has 0 aliphatic rings. The van der Waals surface area contributed by atoms with Gasteiger partial charge in [0.05, 0.1) is 5.56 Å². The molecule has 1 aromatic carbocycles. The van der Waals surface area contributed by atoms with E-state index >= 15 is 0 Å². The van der Waals surface area contributed by atoms with Crippen LogP contribution in [0, 0.1) is 13.8 Å². The van der Waals surface area contributed by atoms with Crippen LogP contribution in [0.5, 0.6) is 0 Å². The van der Waals surface area contributed by atoms with E-state index in [1.54, 1.807) is 30.3 Å². The van der Waals surface area contributed by atoms with Crippen molar-refractivity contribution >= 4 is 29.2 Å². The van der Waals surface area contributed by atoms with Gasteiger partial charge in [-0.15, -0.1) is 0 Å². The van der Waals surface area contributed by atoms with Crippen LogP contribution in [0.3, 0.4) is 0 Å². The molecule has 2 rings (SSSR count). The molecule has 0 atom stereocenters. The van der Waals surface area contributed by atoms with Crippen molar-refractivity contribution < 1.29 is 14.3 Å². The van der Waals surface area contributed by atoms with E-state index in [2.05, 4.69) is 5.32 Å². The Balaban J connectivity index is 1.93. The van der Waals surface area contributed by atoms with E-state index in [9.17, 15) is 9.59 Å². The fourth-order valence-electron chi connectivity index (χ4n) is 2.43. The first-order valence-corrected chi connectivity index (χ1v) is 7.69. The monoisotopic (exact) mass is 334 g/mol. The number of halogens is 1. The van der Waals surface area contributed by atoms with Crippen molar-refractivity contribution in [3.63, 3.8) is 0 Å². The maximum Gasteiger partial charge on any atom is 0.340 e. The normalized spacial score (nSPS) is 10.4. The number of hydrogen-bond acceptors (Lipinski definition) is 3. The fourth-order valence-corrected chi connectivity index (χ4v) is 2.56. The van der Waals surface area contributed by atoms with Crippen molar-refractivity contribution in [2.24, 2.45) is 0 Å². The molecule has 0 saturated heterocycles. The maximum atomic E-state index is 12.1. The molecular weight excluding hydrogens is 316 g/mol. The second-order valence-corrected chi connectivity index (χ2v) is 5.60. The van der Waals surface area contributed by atoms with Gasteiger partial charge >= 0.3 is 5.97 Å². The summed E-state index contributed by atoms with van der Waals surface area (Å²) in [6.45, 7) is 6.25. The first-order chi connectivity index (χ1) is 10.9. The minimum atomic E-state index is -0.496. The van der Waals surface area contributed by atoms with Crippen molar-refractivity contribution in [3.05, 3.63) is 52.3 Å². The number of hydrogen-bond donors (Lipinski definition) is 1.